The van der Waals surface area contributed by atoms with Gasteiger partial charge in [0.05, 0.1) is 18.3 Å². The van der Waals surface area contributed by atoms with Crippen LogP contribution in [0.5, 0.6) is 0 Å². The molecule has 0 saturated heterocycles. The Bertz CT molecular complexity index is 785. The molecule has 0 heterocycles. The van der Waals surface area contributed by atoms with Crippen molar-refractivity contribution in [3.05, 3.63) is 53.6 Å². The number of halogens is 1. The molecule has 0 spiro atoms. The molecule has 2 rings (SSSR count). The molecule has 0 aliphatic heterocycles. The van der Waals surface area contributed by atoms with E-state index in [4.69, 9.17) is 11.6 Å². The topological polar surface area (TPSA) is 61.4 Å². The van der Waals surface area contributed by atoms with Crippen LogP contribution in [-0.4, -0.2) is 42.6 Å². The number of hydrogen-bond acceptors (Lipinski definition) is 4. The van der Waals surface area contributed by atoms with Gasteiger partial charge in [-0.05, 0) is 50.6 Å². The first-order valence-electron chi connectivity index (χ1n) is 8.10. The van der Waals surface area contributed by atoms with Crippen LogP contribution in [0.4, 0.5) is 11.4 Å². The van der Waals surface area contributed by atoms with Crippen LogP contribution in [0.25, 0.3) is 0 Å². The van der Waals surface area contributed by atoms with Crippen molar-refractivity contribution in [2.24, 2.45) is 0 Å². The van der Waals surface area contributed by atoms with Crippen molar-refractivity contribution in [3.63, 3.8) is 0 Å². The molecule has 0 saturated carbocycles. The first kappa shape index (κ1) is 20.3. The van der Waals surface area contributed by atoms with Crippen molar-refractivity contribution in [1.82, 2.24) is 4.90 Å². The number of nitrogens with one attached hydrogen (secondary N) is 2. The van der Waals surface area contributed by atoms with Gasteiger partial charge in [-0.1, -0.05) is 29.8 Å². The molecule has 7 heteroatoms. The summed E-state index contributed by atoms with van der Waals surface area (Å²) in [7, 11) is 1.74. The summed E-state index contributed by atoms with van der Waals surface area (Å²) in [6.07, 6.45) is 1.96. The molecule has 2 aromatic rings. The average Bonchev–Trinajstić information content (AvgIpc) is 2.61. The zero-order valence-electron chi connectivity index (χ0n) is 15.0. The van der Waals surface area contributed by atoms with Gasteiger partial charge in [0, 0.05) is 15.6 Å². The molecule has 1 atom stereocenters. The van der Waals surface area contributed by atoms with E-state index < -0.39 is 6.04 Å². The number of carbonyl (C=O) groups is 2. The summed E-state index contributed by atoms with van der Waals surface area (Å²) >= 11 is 7.49. The van der Waals surface area contributed by atoms with E-state index >= 15 is 0 Å². The number of likely N-dealkylation sites (N-methyl/N-ethyl adjacent to an activating group) is 1. The van der Waals surface area contributed by atoms with Crippen LogP contribution >= 0.6 is 23.4 Å². The molecule has 0 bridgehead atoms. The zero-order chi connectivity index (χ0) is 19.1. The van der Waals surface area contributed by atoms with Crippen molar-refractivity contribution in [2.45, 2.75) is 17.9 Å². The van der Waals surface area contributed by atoms with Gasteiger partial charge in [0.25, 0.3) is 0 Å². The van der Waals surface area contributed by atoms with E-state index in [2.05, 4.69) is 10.6 Å². The molecular formula is C19H22ClN3O2S. The van der Waals surface area contributed by atoms with Gasteiger partial charge in [-0.3, -0.25) is 14.5 Å². The Balaban J connectivity index is 1.92. The Morgan fingerprint density at radius 2 is 1.88 bits per heavy atom. The number of carbonyl (C=O) groups excluding carboxylic acids is 2. The summed E-state index contributed by atoms with van der Waals surface area (Å²) in [5, 5.41) is 6.25. The number of para-hydroxylation sites is 1. The lowest BCUT2D eigenvalue weighted by Crippen LogP contribution is -2.43. The fraction of sp³-hybridized carbons (Fsp3) is 0.263. The van der Waals surface area contributed by atoms with Gasteiger partial charge in [-0.2, -0.15) is 0 Å². The minimum absolute atomic E-state index is 0.104. The average molecular weight is 392 g/mol. The standard InChI is InChI=1S/C19H22ClN3O2S/c1-13(19(25)21-15-8-6-7-14(20)11-15)23(2)12-18(24)22-16-9-4-5-10-17(16)26-3/h4-11,13H,12H2,1-3H3,(H,21,25)(H,22,24)/t13-/m0/s1. The van der Waals surface area contributed by atoms with Crippen molar-refractivity contribution < 1.29 is 9.59 Å². The monoisotopic (exact) mass is 391 g/mol. The molecule has 0 aliphatic carbocycles. The van der Waals surface area contributed by atoms with Crippen LogP contribution in [0.15, 0.2) is 53.4 Å². The first-order chi connectivity index (χ1) is 12.4. The molecular weight excluding hydrogens is 370 g/mol. The molecule has 0 aliphatic rings. The molecule has 0 fully saturated rings. The molecule has 0 radical (unpaired) electrons. The summed E-state index contributed by atoms with van der Waals surface area (Å²) in [5.74, 6) is -0.372. The van der Waals surface area contributed by atoms with E-state index in [0.717, 1.165) is 10.6 Å². The Hall–Kier alpha value is -2.02. The lowest BCUT2D eigenvalue weighted by Gasteiger charge is -2.23. The Kier molecular flexibility index (Phi) is 7.50. The number of rotatable bonds is 7. The van der Waals surface area contributed by atoms with E-state index in [1.54, 1.807) is 54.9 Å². The normalized spacial score (nSPS) is 11.9. The molecule has 0 aromatic heterocycles. The number of hydrogen-bond donors (Lipinski definition) is 2. The van der Waals surface area contributed by atoms with Crippen LogP contribution in [0.2, 0.25) is 5.02 Å². The Morgan fingerprint density at radius 3 is 2.58 bits per heavy atom. The maximum absolute atomic E-state index is 12.4. The maximum atomic E-state index is 12.4. The van der Waals surface area contributed by atoms with E-state index in [0.29, 0.717) is 10.7 Å². The van der Waals surface area contributed by atoms with Crippen molar-refractivity contribution in [3.8, 4) is 0 Å². The number of amides is 2. The van der Waals surface area contributed by atoms with Gasteiger partial charge < -0.3 is 10.6 Å². The highest BCUT2D eigenvalue weighted by Crippen LogP contribution is 2.24. The summed E-state index contributed by atoms with van der Waals surface area (Å²) < 4.78 is 0. The number of thioether (sulfide) groups is 1. The molecule has 2 aromatic carbocycles. The van der Waals surface area contributed by atoms with Gasteiger partial charge in [-0.15, -0.1) is 11.8 Å². The van der Waals surface area contributed by atoms with E-state index in [1.807, 2.05) is 30.5 Å². The Morgan fingerprint density at radius 1 is 1.15 bits per heavy atom. The molecule has 138 valence electrons. The van der Waals surface area contributed by atoms with Gasteiger partial charge in [0.2, 0.25) is 11.8 Å². The largest absolute Gasteiger partial charge is 0.325 e. The molecule has 0 unspecified atom stereocenters. The van der Waals surface area contributed by atoms with E-state index in [-0.39, 0.29) is 18.4 Å². The van der Waals surface area contributed by atoms with Crippen LogP contribution in [0.3, 0.4) is 0 Å². The van der Waals surface area contributed by atoms with Crippen LogP contribution < -0.4 is 10.6 Å². The second-order valence-electron chi connectivity index (χ2n) is 5.84. The van der Waals surface area contributed by atoms with E-state index in [9.17, 15) is 9.59 Å². The quantitative estimate of drug-likeness (QED) is 0.701. The third-order valence-corrected chi connectivity index (χ3v) is 4.94. The summed E-state index contributed by atoms with van der Waals surface area (Å²) in [6, 6.07) is 14.1. The minimum Gasteiger partial charge on any atom is -0.325 e. The fourth-order valence-electron chi connectivity index (χ4n) is 2.31. The summed E-state index contributed by atoms with van der Waals surface area (Å²) in [5.41, 5.74) is 1.40. The van der Waals surface area contributed by atoms with Crippen LogP contribution in [0, 0.1) is 0 Å². The molecule has 2 N–H and O–H groups in total. The summed E-state index contributed by atoms with van der Waals surface area (Å²) in [4.78, 5) is 27.4. The zero-order valence-corrected chi connectivity index (χ0v) is 16.5. The number of nitrogens with zero attached hydrogens (tertiary/aromatic N) is 1. The van der Waals surface area contributed by atoms with Crippen molar-refractivity contribution in [2.75, 3.05) is 30.5 Å². The number of anilines is 2. The third-order valence-electron chi connectivity index (χ3n) is 3.91. The first-order valence-corrected chi connectivity index (χ1v) is 9.70. The highest BCUT2D eigenvalue weighted by atomic mass is 35.5. The van der Waals surface area contributed by atoms with Gasteiger partial charge in [-0.25, -0.2) is 0 Å². The van der Waals surface area contributed by atoms with E-state index in [1.165, 1.54) is 0 Å². The highest BCUT2D eigenvalue weighted by molar-refractivity contribution is 7.98. The fourth-order valence-corrected chi connectivity index (χ4v) is 3.06. The third kappa shape index (κ3) is 5.76. The molecule has 5 nitrogen and oxygen atoms in total. The Labute approximate surface area is 163 Å². The second-order valence-corrected chi connectivity index (χ2v) is 7.12. The minimum atomic E-state index is -0.476. The second kappa shape index (κ2) is 9.62. The highest BCUT2D eigenvalue weighted by Gasteiger charge is 2.20. The van der Waals surface area contributed by atoms with Gasteiger partial charge in [0.15, 0.2) is 0 Å². The lowest BCUT2D eigenvalue weighted by molar-refractivity contribution is -0.122. The predicted molar refractivity (Wildman–Crippen MR) is 109 cm³/mol. The van der Waals surface area contributed by atoms with Gasteiger partial charge >= 0.3 is 0 Å². The molecule has 26 heavy (non-hydrogen) atoms. The van der Waals surface area contributed by atoms with Crippen molar-refractivity contribution in [1.29, 1.82) is 0 Å². The molecule has 2 amide bonds. The smallest absolute Gasteiger partial charge is 0.241 e. The van der Waals surface area contributed by atoms with Crippen LogP contribution in [-0.2, 0) is 9.59 Å². The number of benzene rings is 2. The maximum Gasteiger partial charge on any atom is 0.241 e. The SMILES string of the molecule is CSc1ccccc1NC(=O)CN(C)[C@@H](C)C(=O)Nc1cccc(Cl)c1. The summed E-state index contributed by atoms with van der Waals surface area (Å²) in [6.45, 7) is 1.86. The van der Waals surface area contributed by atoms with Crippen molar-refractivity contribution >= 4 is 46.6 Å². The van der Waals surface area contributed by atoms with Crippen LogP contribution in [0.1, 0.15) is 6.92 Å². The van der Waals surface area contributed by atoms with Gasteiger partial charge in [0.1, 0.15) is 0 Å². The predicted octanol–water partition coefficient (Wildman–Crippen LogP) is 3.96. The lowest BCUT2D eigenvalue weighted by atomic mass is 10.2.